The zero-order valence-electron chi connectivity index (χ0n) is 6.78. The highest BCUT2D eigenvalue weighted by Gasteiger charge is 2.22. The van der Waals surface area contributed by atoms with Crippen molar-refractivity contribution in [3.05, 3.63) is 0 Å². The Morgan fingerprint density at radius 3 is 1.50 bits per heavy atom. The topological polar surface area (TPSA) is 66.5 Å². The summed E-state index contributed by atoms with van der Waals surface area (Å²) in [4.78, 5) is 0. The fourth-order valence-electron chi connectivity index (χ4n) is 0.705. The molecule has 0 rings (SSSR count). The summed E-state index contributed by atoms with van der Waals surface area (Å²) in [5.41, 5.74) is 5.36. The highest BCUT2D eigenvalue weighted by atomic mass is 16.3. The second kappa shape index (κ2) is 3.91. The van der Waals surface area contributed by atoms with Gasteiger partial charge in [-0.2, -0.15) is 0 Å². The van der Waals surface area contributed by atoms with E-state index in [0.717, 1.165) is 0 Å². The van der Waals surface area contributed by atoms with Gasteiger partial charge >= 0.3 is 0 Å². The molecule has 0 aromatic rings. The third kappa shape index (κ3) is 2.64. The molecule has 62 valence electrons. The smallest absolute Gasteiger partial charge is 0.0949 e. The summed E-state index contributed by atoms with van der Waals surface area (Å²) >= 11 is 0. The van der Waals surface area contributed by atoms with Gasteiger partial charge in [-0.1, -0.05) is 13.8 Å². The molecule has 3 atom stereocenters. The van der Waals surface area contributed by atoms with Gasteiger partial charge in [-0.15, -0.1) is 0 Å². The van der Waals surface area contributed by atoms with Crippen molar-refractivity contribution in [3.8, 4) is 0 Å². The van der Waals surface area contributed by atoms with Gasteiger partial charge in [-0.3, -0.25) is 0 Å². The molecule has 0 heterocycles. The highest BCUT2D eigenvalue weighted by Crippen LogP contribution is 2.07. The average Bonchev–Trinajstić information content (AvgIpc) is 1.84. The molecule has 0 amide bonds. The van der Waals surface area contributed by atoms with Gasteiger partial charge in [-0.05, 0) is 12.8 Å². The van der Waals surface area contributed by atoms with Gasteiger partial charge in [0.2, 0.25) is 0 Å². The standard InChI is InChI=1S/C7H17NO2/c1-4(2)6(9)7(10)5(3)8/h4-7,9-10H,8H2,1-3H3. The van der Waals surface area contributed by atoms with Crippen molar-refractivity contribution >= 4 is 0 Å². The molecule has 0 aliphatic heterocycles. The Morgan fingerprint density at radius 2 is 1.40 bits per heavy atom. The molecule has 0 aliphatic carbocycles. The summed E-state index contributed by atoms with van der Waals surface area (Å²) in [5.74, 6) is 0.0565. The van der Waals surface area contributed by atoms with Crippen molar-refractivity contribution < 1.29 is 10.2 Å². The van der Waals surface area contributed by atoms with Crippen molar-refractivity contribution in [1.82, 2.24) is 0 Å². The van der Waals surface area contributed by atoms with Crippen LogP contribution in [0.15, 0.2) is 0 Å². The van der Waals surface area contributed by atoms with Crippen molar-refractivity contribution in [2.45, 2.75) is 39.0 Å². The molecule has 0 aromatic carbocycles. The summed E-state index contributed by atoms with van der Waals surface area (Å²) in [5, 5.41) is 18.4. The van der Waals surface area contributed by atoms with Gasteiger partial charge in [0, 0.05) is 6.04 Å². The molecule has 0 radical (unpaired) electrons. The lowest BCUT2D eigenvalue weighted by atomic mass is 9.98. The van der Waals surface area contributed by atoms with Crippen LogP contribution in [0, 0.1) is 5.92 Å². The molecule has 0 aromatic heterocycles. The Balaban J connectivity index is 3.81. The van der Waals surface area contributed by atoms with Gasteiger partial charge in [0.25, 0.3) is 0 Å². The molecule has 0 saturated carbocycles. The van der Waals surface area contributed by atoms with E-state index in [-0.39, 0.29) is 12.0 Å². The zero-order valence-corrected chi connectivity index (χ0v) is 6.78. The van der Waals surface area contributed by atoms with E-state index in [2.05, 4.69) is 0 Å². The van der Waals surface area contributed by atoms with Gasteiger partial charge in [-0.25, -0.2) is 0 Å². The normalized spacial score (nSPS) is 20.7. The minimum atomic E-state index is -0.806. The summed E-state index contributed by atoms with van der Waals surface area (Å²) in [6.07, 6.45) is -1.51. The molecule has 3 heteroatoms. The molecule has 3 nitrogen and oxygen atoms in total. The lowest BCUT2D eigenvalue weighted by Crippen LogP contribution is -2.43. The van der Waals surface area contributed by atoms with Crippen LogP contribution in [0.3, 0.4) is 0 Å². The molecule has 0 fully saturated rings. The van der Waals surface area contributed by atoms with E-state index in [1.54, 1.807) is 6.92 Å². The van der Waals surface area contributed by atoms with Gasteiger partial charge in [0.1, 0.15) is 0 Å². The van der Waals surface area contributed by atoms with Crippen LogP contribution in [-0.2, 0) is 0 Å². The molecule has 0 bridgehead atoms. The van der Waals surface area contributed by atoms with Gasteiger partial charge in [0.15, 0.2) is 0 Å². The molecular weight excluding hydrogens is 130 g/mol. The highest BCUT2D eigenvalue weighted by molar-refractivity contribution is 4.76. The quantitative estimate of drug-likeness (QED) is 0.514. The lowest BCUT2D eigenvalue weighted by molar-refractivity contribution is -0.0182. The number of aliphatic hydroxyl groups excluding tert-OH is 2. The fraction of sp³-hybridized carbons (Fsp3) is 1.00. The van der Waals surface area contributed by atoms with Gasteiger partial charge < -0.3 is 15.9 Å². The van der Waals surface area contributed by atoms with E-state index in [1.165, 1.54) is 0 Å². The number of hydrogen-bond acceptors (Lipinski definition) is 3. The summed E-state index contributed by atoms with van der Waals surface area (Å²) in [7, 11) is 0. The van der Waals surface area contributed by atoms with Crippen molar-refractivity contribution in [2.75, 3.05) is 0 Å². The maximum Gasteiger partial charge on any atom is 0.0949 e. The van der Waals surface area contributed by atoms with E-state index >= 15 is 0 Å². The summed E-state index contributed by atoms with van der Waals surface area (Å²) in [6.45, 7) is 5.36. The van der Waals surface area contributed by atoms with E-state index in [0.29, 0.717) is 0 Å². The number of aliphatic hydroxyl groups is 2. The second-order valence-corrected chi connectivity index (χ2v) is 3.08. The van der Waals surface area contributed by atoms with Crippen LogP contribution in [0.2, 0.25) is 0 Å². The van der Waals surface area contributed by atoms with Crippen molar-refractivity contribution in [2.24, 2.45) is 11.7 Å². The number of hydrogen-bond donors (Lipinski definition) is 3. The molecule has 0 aliphatic rings. The Bertz CT molecular complexity index is 81.6. The zero-order chi connectivity index (χ0) is 8.31. The maximum absolute atomic E-state index is 9.24. The third-order valence-electron chi connectivity index (χ3n) is 1.57. The Kier molecular flexibility index (Phi) is 3.86. The lowest BCUT2D eigenvalue weighted by Gasteiger charge is -2.23. The summed E-state index contributed by atoms with van der Waals surface area (Å²) < 4.78 is 0. The Morgan fingerprint density at radius 1 is 1.00 bits per heavy atom. The minimum absolute atomic E-state index is 0.0565. The van der Waals surface area contributed by atoms with Crippen LogP contribution < -0.4 is 5.73 Å². The first-order chi connectivity index (χ1) is 4.46. The van der Waals surface area contributed by atoms with Crippen LogP contribution in [-0.4, -0.2) is 28.5 Å². The predicted molar refractivity (Wildman–Crippen MR) is 40.5 cm³/mol. The maximum atomic E-state index is 9.24. The molecule has 10 heavy (non-hydrogen) atoms. The average molecular weight is 147 g/mol. The van der Waals surface area contributed by atoms with Gasteiger partial charge in [0.05, 0.1) is 12.2 Å². The first kappa shape index (κ1) is 9.88. The predicted octanol–water partition coefficient (Wildman–Crippen LogP) is -0.289. The minimum Gasteiger partial charge on any atom is -0.390 e. The third-order valence-corrected chi connectivity index (χ3v) is 1.57. The van der Waals surface area contributed by atoms with Crippen molar-refractivity contribution in [3.63, 3.8) is 0 Å². The van der Waals surface area contributed by atoms with E-state index in [1.807, 2.05) is 13.8 Å². The molecule has 0 spiro atoms. The first-order valence-electron chi connectivity index (χ1n) is 3.58. The first-order valence-corrected chi connectivity index (χ1v) is 3.58. The van der Waals surface area contributed by atoms with Crippen molar-refractivity contribution in [1.29, 1.82) is 0 Å². The molecule has 3 unspecified atom stereocenters. The van der Waals surface area contributed by atoms with Crippen LogP contribution in [0.25, 0.3) is 0 Å². The molecular formula is C7H17NO2. The van der Waals surface area contributed by atoms with E-state index in [4.69, 9.17) is 5.73 Å². The Hall–Kier alpha value is -0.120. The molecule has 4 N–H and O–H groups in total. The van der Waals surface area contributed by atoms with Crippen LogP contribution in [0.4, 0.5) is 0 Å². The van der Waals surface area contributed by atoms with E-state index < -0.39 is 12.2 Å². The largest absolute Gasteiger partial charge is 0.390 e. The monoisotopic (exact) mass is 147 g/mol. The number of nitrogens with two attached hydrogens (primary N) is 1. The fourth-order valence-corrected chi connectivity index (χ4v) is 0.705. The SMILES string of the molecule is CC(C)C(O)C(O)C(C)N. The Labute approximate surface area is 61.9 Å². The van der Waals surface area contributed by atoms with Crippen LogP contribution in [0.5, 0.6) is 0 Å². The van der Waals surface area contributed by atoms with E-state index in [9.17, 15) is 10.2 Å². The van der Waals surface area contributed by atoms with Crippen LogP contribution in [0.1, 0.15) is 20.8 Å². The summed E-state index contributed by atoms with van der Waals surface area (Å²) in [6, 6.07) is -0.364. The van der Waals surface area contributed by atoms with Crippen LogP contribution >= 0.6 is 0 Å². The number of rotatable bonds is 3. The molecule has 0 saturated heterocycles. The second-order valence-electron chi connectivity index (χ2n) is 3.08.